The van der Waals surface area contributed by atoms with Gasteiger partial charge in [0.25, 0.3) is 0 Å². The number of halogens is 1. The maximum absolute atomic E-state index is 10.9. The largest absolute Gasteiger partial charge is 0.478 e. The van der Waals surface area contributed by atoms with Gasteiger partial charge in [0.05, 0.1) is 5.52 Å². The Morgan fingerprint density at radius 2 is 2.00 bits per heavy atom. The van der Waals surface area contributed by atoms with Gasteiger partial charge in [-0.25, -0.2) is 4.79 Å². The summed E-state index contributed by atoms with van der Waals surface area (Å²) >= 11 is 5.64. The van der Waals surface area contributed by atoms with Crippen LogP contribution in [0.25, 0.3) is 10.9 Å². The highest BCUT2D eigenvalue weighted by atomic mass is 35.5. The van der Waals surface area contributed by atoms with E-state index in [1.807, 2.05) is 0 Å². The zero-order valence-electron chi connectivity index (χ0n) is 6.94. The number of nitrogens with zero attached hydrogens (tertiary/aromatic N) is 2. The van der Waals surface area contributed by atoms with Crippen LogP contribution in [-0.2, 0) is 0 Å². The van der Waals surface area contributed by atoms with Gasteiger partial charge in [-0.2, -0.15) is 0 Å². The highest BCUT2D eigenvalue weighted by Gasteiger charge is 2.14. The van der Waals surface area contributed by atoms with Gasteiger partial charge in [-0.05, 0) is 6.07 Å². The molecule has 0 bridgehead atoms. The minimum atomic E-state index is -1.10. The SMILES string of the molecule is O=C(O)c1c(Cl)nnc2ccccc12. The molecule has 0 aliphatic heterocycles. The van der Waals surface area contributed by atoms with Crippen molar-refractivity contribution in [3.05, 3.63) is 35.0 Å². The normalized spacial score (nSPS) is 10.4. The number of rotatable bonds is 1. The van der Waals surface area contributed by atoms with E-state index < -0.39 is 5.97 Å². The number of fused-ring (bicyclic) bond motifs is 1. The summed E-state index contributed by atoms with van der Waals surface area (Å²) in [5, 5.41) is 16.7. The molecule has 0 atom stereocenters. The van der Waals surface area contributed by atoms with Crippen molar-refractivity contribution < 1.29 is 9.90 Å². The summed E-state index contributed by atoms with van der Waals surface area (Å²) in [7, 11) is 0. The number of aromatic nitrogens is 2. The van der Waals surface area contributed by atoms with Gasteiger partial charge in [0.1, 0.15) is 5.56 Å². The van der Waals surface area contributed by atoms with Gasteiger partial charge >= 0.3 is 5.97 Å². The zero-order valence-corrected chi connectivity index (χ0v) is 7.69. The molecular formula is C9H5ClN2O2. The van der Waals surface area contributed by atoms with Crippen LogP contribution in [0.4, 0.5) is 0 Å². The third-order valence-corrected chi connectivity index (χ3v) is 2.10. The van der Waals surface area contributed by atoms with Crippen LogP contribution in [0.3, 0.4) is 0 Å². The number of carboxylic acid groups (broad SMARTS) is 1. The van der Waals surface area contributed by atoms with E-state index in [2.05, 4.69) is 10.2 Å². The molecule has 1 aromatic heterocycles. The number of benzene rings is 1. The van der Waals surface area contributed by atoms with Gasteiger partial charge in [-0.3, -0.25) is 0 Å². The van der Waals surface area contributed by atoms with E-state index in [1.54, 1.807) is 24.3 Å². The van der Waals surface area contributed by atoms with Crippen LogP contribution < -0.4 is 0 Å². The molecule has 1 N–H and O–H groups in total. The first-order chi connectivity index (χ1) is 6.70. The molecule has 2 aromatic rings. The Balaban J connectivity index is 2.90. The average molecular weight is 209 g/mol. The van der Waals surface area contributed by atoms with Crippen molar-refractivity contribution in [3.63, 3.8) is 0 Å². The summed E-state index contributed by atoms with van der Waals surface area (Å²) in [5.74, 6) is -1.10. The van der Waals surface area contributed by atoms with Crippen LogP contribution >= 0.6 is 11.6 Å². The van der Waals surface area contributed by atoms with E-state index in [0.717, 1.165) is 0 Å². The van der Waals surface area contributed by atoms with E-state index in [-0.39, 0.29) is 10.7 Å². The molecule has 0 saturated carbocycles. The number of hydrogen-bond donors (Lipinski definition) is 1. The highest BCUT2D eigenvalue weighted by molar-refractivity contribution is 6.33. The van der Waals surface area contributed by atoms with E-state index in [1.165, 1.54) is 0 Å². The zero-order chi connectivity index (χ0) is 10.1. The second-order valence-electron chi connectivity index (χ2n) is 2.69. The molecular weight excluding hydrogens is 204 g/mol. The molecule has 0 unspecified atom stereocenters. The van der Waals surface area contributed by atoms with Crippen molar-refractivity contribution in [3.8, 4) is 0 Å². The Morgan fingerprint density at radius 1 is 1.29 bits per heavy atom. The fourth-order valence-electron chi connectivity index (χ4n) is 1.23. The van der Waals surface area contributed by atoms with Crippen LogP contribution in [0.2, 0.25) is 5.15 Å². The summed E-state index contributed by atoms with van der Waals surface area (Å²) in [6, 6.07) is 6.83. The van der Waals surface area contributed by atoms with Crippen molar-refractivity contribution in [2.75, 3.05) is 0 Å². The quantitative estimate of drug-likeness (QED) is 0.779. The van der Waals surface area contributed by atoms with E-state index >= 15 is 0 Å². The van der Waals surface area contributed by atoms with E-state index in [9.17, 15) is 4.79 Å². The first-order valence-electron chi connectivity index (χ1n) is 3.84. The summed E-state index contributed by atoms with van der Waals surface area (Å²) in [5.41, 5.74) is 0.520. The number of aromatic carboxylic acids is 1. The Hall–Kier alpha value is -1.68. The summed E-state index contributed by atoms with van der Waals surface area (Å²) in [6.07, 6.45) is 0. The molecule has 0 radical (unpaired) electrons. The molecule has 5 heteroatoms. The average Bonchev–Trinajstić information content (AvgIpc) is 2.17. The molecule has 0 spiro atoms. The standard InChI is InChI=1S/C9H5ClN2O2/c10-8-7(9(13)14)5-3-1-2-4-6(5)11-12-8/h1-4H,(H,13,14). The number of carbonyl (C=O) groups is 1. The molecule has 0 amide bonds. The van der Waals surface area contributed by atoms with E-state index in [4.69, 9.17) is 16.7 Å². The van der Waals surface area contributed by atoms with Gasteiger partial charge in [0, 0.05) is 5.39 Å². The van der Waals surface area contributed by atoms with Gasteiger partial charge in [-0.1, -0.05) is 29.8 Å². The molecule has 0 saturated heterocycles. The fraction of sp³-hybridized carbons (Fsp3) is 0. The lowest BCUT2D eigenvalue weighted by atomic mass is 10.1. The van der Waals surface area contributed by atoms with Crippen molar-refractivity contribution in [2.24, 2.45) is 0 Å². The lowest BCUT2D eigenvalue weighted by Gasteiger charge is -2.01. The molecule has 70 valence electrons. The van der Waals surface area contributed by atoms with Crippen LogP contribution in [0, 0.1) is 0 Å². The highest BCUT2D eigenvalue weighted by Crippen LogP contribution is 2.21. The van der Waals surface area contributed by atoms with Gasteiger partial charge in [0.2, 0.25) is 0 Å². The second kappa shape index (κ2) is 3.23. The van der Waals surface area contributed by atoms with Crippen molar-refractivity contribution in [2.45, 2.75) is 0 Å². The van der Waals surface area contributed by atoms with E-state index in [0.29, 0.717) is 10.9 Å². The lowest BCUT2D eigenvalue weighted by Crippen LogP contribution is -2.02. The summed E-state index contributed by atoms with van der Waals surface area (Å²) in [6.45, 7) is 0. The third kappa shape index (κ3) is 1.29. The topological polar surface area (TPSA) is 63.1 Å². The molecule has 0 fully saturated rings. The van der Waals surface area contributed by atoms with Crippen molar-refractivity contribution >= 4 is 28.5 Å². The predicted molar refractivity (Wildman–Crippen MR) is 51.5 cm³/mol. The van der Waals surface area contributed by atoms with Crippen LogP contribution in [0.5, 0.6) is 0 Å². The Bertz CT molecular complexity index is 513. The molecule has 2 rings (SSSR count). The third-order valence-electron chi connectivity index (χ3n) is 1.84. The van der Waals surface area contributed by atoms with Gasteiger partial charge in [0.15, 0.2) is 5.15 Å². The van der Waals surface area contributed by atoms with Crippen LogP contribution in [0.15, 0.2) is 24.3 Å². The maximum Gasteiger partial charge on any atom is 0.339 e. The minimum absolute atomic E-state index is 0.00253. The first-order valence-corrected chi connectivity index (χ1v) is 4.22. The molecule has 14 heavy (non-hydrogen) atoms. The Morgan fingerprint density at radius 3 is 2.71 bits per heavy atom. The number of hydrogen-bond acceptors (Lipinski definition) is 3. The lowest BCUT2D eigenvalue weighted by molar-refractivity contribution is 0.0698. The smallest absolute Gasteiger partial charge is 0.339 e. The molecule has 0 aliphatic rings. The van der Waals surface area contributed by atoms with Crippen molar-refractivity contribution in [1.82, 2.24) is 10.2 Å². The van der Waals surface area contributed by atoms with Crippen molar-refractivity contribution in [1.29, 1.82) is 0 Å². The fourth-order valence-corrected chi connectivity index (χ4v) is 1.46. The number of carboxylic acids is 1. The summed E-state index contributed by atoms with van der Waals surface area (Å²) < 4.78 is 0. The minimum Gasteiger partial charge on any atom is -0.478 e. The van der Waals surface area contributed by atoms with Crippen LogP contribution in [-0.4, -0.2) is 21.3 Å². The Labute approximate surface area is 84.1 Å². The maximum atomic E-state index is 10.9. The molecule has 0 aliphatic carbocycles. The summed E-state index contributed by atoms with van der Waals surface area (Å²) in [4.78, 5) is 10.9. The molecule has 4 nitrogen and oxygen atoms in total. The van der Waals surface area contributed by atoms with Gasteiger partial charge in [-0.15, -0.1) is 10.2 Å². The monoisotopic (exact) mass is 208 g/mol. The molecule has 1 aromatic carbocycles. The molecule has 1 heterocycles. The van der Waals surface area contributed by atoms with Crippen LogP contribution in [0.1, 0.15) is 10.4 Å². The first kappa shape index (κ1) is 8.90. The second-order valence-corrected chi connectivity index (χ2v) is 3.05. The Kier molecular flexibility index (Phi) is 2.05. The van der Waals surface area contributed by atoms with Gasteiger partial charge < -0.3 is 5.11 Å². The predicted octanol–water partition coefficient (Wildman–Crippen LogP) is 1.98.